The Labute approximate surface area is 110 Å². The van der Waals surface area contributed by atoms with E-state index in [2.05, 4.69) is 10.1 Å². The lowest BCUT2D eigenvalue weighted by atomic mass is 10.1. The molecule has 5 heteroatoms. The second-order valence-corrected chi connectivity index (χ2v) is 4.04. The first-order valence-corrected chi connectivity index (χ1v) is 5.74. The van der Waals surface area contributed by atoms with Crippen LogP contribution in [-0.4, -0.2) is 6.61 Å². The maximum absolute atomic E-state index is 12.3. The van der Waals surface area contributed by atoms with Crippen LogP contribution in [0.1, 0.15) is 5.56 Å². The summed E-state index contributed by atoms with van der Waals surface area (Å²) in [7, 11) is 0. The summed E-state index contributed by atoms with van der Waals surface area (Å²) in [6.45, 7) is -0.980. The Balaban J connectivity index is 2.33. The molecule has 0 atom stereocenters. The third kappa shape index (κ3) is 3.13. The highest BCUT2D eigenvalue weighted by Crippen LogP contribution is 2.32. The number of aryl methyl sites for hydroxylation is 1. The molecule has 0 fully saturated rings. The largest absolute Gasteiger partial charge is 0.433 e. The highest BCUT2D eigenvalue weighted by atomic mass is 19.3. The second kappa shape index (κ2) is 5.56. The first-order chi connectivity index (χ1) is 9.08. The number of anilines is 3. The van der Waals surface area contributed by atoms with Crippen molar-refractivity contribution >= 4 is 17.1 Å². The van der Waals surface area contributed by atoms with Crippen molar-refractivity contribution in [1.82, 2.24) is 0 Å². The molecule has 0 saturated heterocycles. The Kier molecular flexibility index (Phi) is 3.85. The molecule has 3 N–H and O–H groups in total. The van der Waals surface area contributed by atoms with Crippen LogP contribution in [0, 0.1) is 6.92 Å². The number of hydrogen-bond acceptors (Lipinski definition) is 3. The van der Waals surface area contributed by atoms with Gasteiger partial charge in [0.2, 0.25) is 0 Å². The molecule has 100 valence electrons. The first kappa shape index (κ1) is 13.1. The minimum Gasteiger partial charge on any atom is -0.433 e. The Bertz CT molecular complexity index is 553. The molecule has 19 heavy (non-hydrogen) atoms. The van der Waals surface area contributed by atoms with Crippen LogP contribution in [0.15, 0.2) is 42.5 Å². The fourth-order valence-corrected chi connectivity index (χ4v) is 1.76. The van der Waals surface area contributed by atoms with Gasteiger partial charge in [-0.25, -0.2) is 0 Å². The van der Waals surface area contributed by atoms with Gasteiger partial charge in [-0.3, -0.25) is 0 Å². The van der Waals surface area contributed by atoms with E-state index in [0.29, 0.717) is 17.1 Å². The second-order valence-electron chi connectivity index (χ2n) is 4.04. The van der Waals surface area contributed by atoms with Crippen LogP contribution in [-0.2, 0) is 0 Å². The molecule has 0 aliphatic carbocycles. The number of ether oxygens (including phenoxy) is 1. The van der Waals surface area contributed by atoms with E-state index in [9.17, 15) is 8.78 Å². The minimum atomic E-state index is -2.86. The number of nitrogens with one attached hydrogen (secondary N) is 1. The lowest BCUT2D eigenvalue weighted by Gasteiger charge is -2.15. The van der Waals surface area contributed by atoms with Gasteiger partial charge in [0.15, 0.2) is 0 Å². The summed E-state index contributed by atoms with van der Waals surface area (Å²) < 4.78 is 29.1. The fourth-order valence-electron chi connectivity index (χ4n) is 1.76. The molecule has 0 aromatic heterocycles. The molecule has 3 nitrogen and oxygen atoms in total. The summed E-state index contributed by atoms with van der Waals surface area (Å²) in [5.74, 6) is 0.0835. The van der Waals surface area contributed by atoms with E-state index in [1.807, 2.05) is 19.1 Å². The smallest absolute Gasteiger partial charge is 0.387 e. The van der Waals surface area contributed by atoms with Gasteiger partial charge in [-0.05, 0) is 30.7 Å². The summed E-state index contributed by atoms with van der Waals surface area (Å²) in [5, 5.41) is 3.03. The fraction of sp³-hybridized carbons (Fsp3) is 0.143. The molecule has 0 unspecified atom stereocenters. The van der Waals surface area contributed by atoms with E-state index < -0.39 is 6.61 Å². The molecule has 0 radical (unpaired) electrons. The lowest BCUT2D eigenvalue weighted by molar-refractivity contribution is -0.0493. The molecule has 0 saturated carbocycles. The van der Waals surface area contributed by atoms with Crippen LogP contribution in [0.4, 0.5) is 25.8 Å². The van der Waals surface area contributed by atoms with E-state index in [1.54, 1.807) is 24.3 Å². The van der Waals surface area contributed by atoms with Crippen LogP contribution < -0.4 is 15.8 Å². The molecular formula is C14H14F2N2O. The van der Waals surface area contributed by atoms with Gasteiger partial charge >= 0.3 is 6.61 Å². The molecule has 0 spiro atoms. The first-order valence-electron chi connectivity index (χ1n) is 5.74. The highest BCUT2D eigenvalue weighted by molar-refractivity contribution is 5.77. The number of nitrogen functional groups attached to an aromatic ring is 1. The molecule has 2 aromatic carbocycles. The normalized spacial score (nSPS) is 10.5. The zero-order valence-corrected chi connectivity index (χ0v) is 10.4. The summed E-state index contributed by atoms with van der Waals surface area (Å²) >= 11 is 0. The topological polar surface area (TPSA) is 47.3 Å². The van der Waals surface area contributed by atoms with Gasteiger partial charge in [0.1, 0.15) is 5.75 Å². The summed E-state index contributed by atoms with van der Waals surface area (Å²) in [4.78, 5) is 0. The average Bonchev–Trinajstić information content (AvgIpc) is 2.35. The van der Waals surface area contributed by atoms with E-state index in [4.69, 9.17) is 5.73 Å². The van der Waals surface area contributed by atoms with E-state index in [0.717, 1.165) is 5.56 Å². The quantitative estimate of drug-likeness (QED) is 0.823. The van der Waals surface area contributed by atoms with Gasteiger partial charge in [-0.2, -0.15) is 8.78 Å². The number of para-hydroxylation sites is 3. The van der Waals surface area contributed by atoms with Gasteiger partial charge in [0, 0.05) is 0 Å². The van der Waals surface area contributed by atoms with E-state index in [-0.39, 0.29) is 5.75 Å². The van der Waals surface area contributed by atoms with Crippen LogP contribution >= 0.6 is 0 Å². The highest BCUT2D eigenvalue weighted by Gasteiger charge is 2.11. The van der Waals surface area contributed by atoms with Crippen molar-refractivity contribution in [1.29, 1.82) is 0 Å². The maximum atomic E-state index is 12.3. The van der Waals surface area contributed by atoms with Gasteiger partial charge in [0.05, 0.1) is 17.1 Å². The summed E-state index contributed by atoms with van der Waals surface area (Å²) in [6.07, 6.45) is 0. The molecule has 0 amide bonds. The number of rotatable bonds is 4. The number of nitrogens with two attached hydrogens (primary N) is 1. The molecular weight excluding hydrogens is 250 g/mol. The Morgan fingerprint density at radius 1 is 1.11 bits per heavy atom. The summed E-state index contributed by atoms with van der Waals surface area (Å²) in [6, 6.07) is 11.9. The van der Waals surface area contributed by atoms with Crippen LogP contribution in [0.5, 0.6) is 5.75 Å². The molecule has 0 heterocycles. The molecule has 2 rings (SSSR count). The van der Waals surface area contributed by atoms with Gasteiger partial charge < -0.3 is 15.8 Å². The van der Waals surface area contributed by atoms with Crippen LogP contribution in [0.3, 0.4) is 0 Å². The van der Waals surface area contributed by atoms with Crippen molar-refractivity contribution in [2.24, 2.45) is 0 Å². The third-order valence-corrected chi connectivity index (χ3v) is 2.67. The van der Waals surface area contributed by atoms with Crippen LogP contribution in [0.2, 0.25) is 0 Å². The molecule has 0 aliphatic rings. The Morgan fingerprint density at radius 3 is 2.53 bits per heavy atom. The predicted molar refractivity (Wildman–Crippen MR) is 71.9 cm³/mol. The number of benzene rings is 2. The van der Waals surface area contributed by atoms with Gasteiger partial charge in [-0.15, -0.1) is 0 Å². The monoisotopic (exact) mass is 264 g/mol. The van der Waals surface area contributed by atoms with Crippen molar-refractivity contribution in [3.8, 4) is 5.75 Å². The Morgan fingerprint density at radius 2 is 1.84 bits per heavy atom. The van der Waals surface area contributed by atoms with E-state index >= 15 is 0 Å². The zero-order valence-electron chi connectivity index (χ0n) is 10.4. The predicted octanol–water partition coefficient (Wildman–Crippen LogP) is 3.92. The lowest BCUT2D eigenvalue weighted by Crippen LogP contribution is -2.05. The van der Waals surface area contributed by atoms with Gasteiger partial charge in [0.25, 0.3) is 0 Å². The van der Waals surface area contributed by atoms with Crippen molar-refractivity contribution in [2.75, 3.05) is 11.1 Å². The third-order valence-electron chi connectivity index (χ3n) is 2.67. The SMILES string of the molecule is Cc1cccc(N)c1Nc1ccccc1OC(F)F. The zero-order chi connectivity index (χ0) is 13.8. The van der Waals surface area contributed by atoms with Gasteiger partial charge in [-0.1, -0.05) is 24.3 Å². The molecule has 0 bridgehead atoms. The minimum absolute atomic E-state index is 0.0835. The van der Waals surface area contributed by atoms with Crippen molar-refractivity contribution in [2.45, 2.75) is 13.5 Å². The van der Waals surface area contributed by atoms with Crippen LogP contribution in [0.25, 0.3) is 0 Å². The van der Waals surface area contributed by atoms with Crippen molar-refractivity contribution in [3.63, 3.8) is 0 Å². The standard InChI is InChI=1S/C14H14F2N2O/c1-9-5-4-6-10(17)13(9)18-11-7-2-3-8-12(11)19-14(15)16/h2-8,14,18H,17H2,1H3. The van der Waals surface area contributed by atoms with E-state index in [1.165, 1.54) is 6.07 Å². The number of hydrogen-bond donors (Lipinski definition) is 2. The molecule has 0 aliphatic heterocycles. The Hall–Kier alpha value is -2.30. The van der Waals surface area contributed by atoms with Crippen molar-refractivity contribution < 1.29 is 13.5 Å². The summed E-state index contributed by atoms with van der Waals surface area (Å²) in [5.41, 5.74) is 8.48. The number of halogens is 2. The molecule has 2 aromatic rings. The average molecular weight is 264 g/mol. The number of alkyl halides is 2. The maximum Gasteiger partial charge on any atom is 0.387 e. The van der Waals surface area contributed by atoms with Crippen molar-refractivity contribution in [3.05, 3.63) is 48.0 Å².